The minimum Gasteiger partial charge on any atom is -0.494 e. The summed E-state index contributed by atoms with van der Waals surface area (Å²) in [4.78, 5) is 30.6. The molecule has 1 fully saturated rings. The van der Waals surface area contributed by atoms with Gasteiger partial charge in [-0.3, -0.25) is 9.69 Å². The van der Waals surface area contributed by atoms with Crippen LogP contribution in [0.2, 0.25) is 0 Å². The van der Waals surface area contributed by atoms with Crippen molar-refractivity contribution in [3.05, 3.63) is 64.6 Å². The van der Waals surface area contributed by atoms with Crippen LogP contribution in [0.4, 0.5) is 5.69 Å². The van der Waals surface area contributed by atoms with E-state index in [1.165, 1.54) is 23.9 Å². The average Bonchev–Trinajstić information content (AvgIpc) is 3.03. The summed E-state index contributed by atoms with van der Waals surface area (Å²) >= 11 is 1.29. The Morgan fingerprint density at radius 2 is 1.97 bits per heavy atom. The standard InChI is InChI=1S/C23H24N2O4S/c1-3-5-13-29-19-11-9-16(10-12-19)14-20-21(26)25(4-2)23(30-20)24-18-8-6-7-17(15-18)22(27)28/h6-12,14-15H,3-5,13H2,1-2H3,(H,27,28)/b20-14+,24-23?. The zero-order chi connectivity index (χ0) is 21.5. The van der Waals surface area contributed by atoms with Crippen molar-refractivity contribution in [3.63, 3.8) is 0 Å². The highest BCUT2D eigenvalue weighted by molar-refractivity contribution is 8.18. The Bertz CT molecular complexity index is 983. The fourth-order valence-corrected chi connectivity index (χ4v) is 3.90. The number of hydrogen-bond acceptors (Lipinski definition) is 5. The van der Waals surface area contributed by atoms with E-state index >= 15 is 0 Å². The Morgan fingerprint density at radius 3 is 2.63 bits per heavy atom. The lowest BCUT2D eigenvalue weighted by atomic mass is 10.2. The summed E-state index contributed by atoms with van der Waals surface area (Å²) in [5.74, 6) is -0.312. The third kappa shape index (κ3) is 5.30. The zero-order valence-electron chi connectivity index (χ0n) is 17.0. The van der Waals surface area contributed by atoms with Crippen molar-refractivity contribution >= 4 is 40.6 Å². The molecule has 2 aromatic carbocycles. The summed E-state index contributed by atoms with van der Waals surface area (Å²) in [5.41, 5.74) is 1.56. The molecule has 0 atom stereocenters. The van der Waals surface area contributed by atoms with Crippen molar-refractivity contribution in [2.24, 2.45) is 4.99 Å². The molecule has 0 unspecified atom stereocenters. The van der Waals surface area contributed by atoms with Gasteiger partial charge in [-0.15, -0.1) is 0 Å². The Balaban J connectivity index is 1.80. The number of carbonyl (C=O) groups is 2. The van der Waals surface area contributed by atoms with Gasteiger partial charge < -0.3 is 9.84 Å². The molecule has 0 aromatic heterocycles. The number of rotatable bonds is 8. The Morgan fingerprint density at radius 1 is 1.20 bits per heavy atom. The number of carbonyl (C=O) groups excluding carboxylic acids is 1. The number of thioether (sulfide) groups is 1. The van der Waals surface area contributed by atoms with Crippen molar-refractivity contribution < 1.29 is 19.4 Å². The maximum Gasteiger partial charge on any atom is 0.335 e. The van der Waals surface area contributed by atoms with E-state index in [4.69, 9.17) is 9.84 Å². The maximum absolute atomic E-state index is 12.8. The molecule has 1 N–H and O–H groups in total. The van der Waals surface area contributed by atoms with Crippen LogP contribution in [0.15, 0.2) is 58.4 Å². The van der Waals surface area contributed by atoms with Gasteiger partial charge in [-0.2, -0.15) is 0 Å². The number of benzene rings is 2. The number of aromatic carboxylic acids is 1. The molecule has 1 aliphatic rings. The summed E-state index contributed by atoms with van der Waals surface area (Å²) < 4.78 is 5.67. The number of nitrogens with zero attached hydrogens (tertiary/aromatic N) is 2. The van der Waals surface area contributed by atoms with Gasteiger partial charge >= 0.3 is 5.97 Å². The quantitative estimate of drug-likeness (QED) is 0.466. The third-order valence-corrected chi connectivity index (χ3v) is 5.47. The minimum atomic E-state index is -1.01. The first-order chi connectivity index (χ1) is 14.5. The van der Waals surface area contributed by atoms with Crippen LogP contribution < -0.4 is 4.74 Å². The molecule has 0 radical (unpaired) electrons. The lowest BCUT2D eigenvalue weighted by molar-refractivity contribution is -0.122. The van der Waals surface area contributed by atoms with Gasteiger partial charge in [-0.1, -0.05) is 31.5 Å². The number of aliphatic imine (C=N–C) groups is 1. The lowest BCUT2D eigenvalue weighted by Gasteiger charge is -2.12. The van der Waals surface area contributed by atoms with E-state index in [0.717, 1.165) is 24.2 Å². The first-order valence-corrected chi connectivity index (χ1v) is 10.7. The summed E-state index contributed by atoms with van der Waals surface area (Å²) in [6.45, 7) is 5.17. The number of hydrogen-bond donors (Lipinski definition) is 1. The van der Waals surface area contributed by atoms with Crippen molar-refractivity contribution in [2.45, 2.75) is 26.7 Å². The minimum absolute atomic E-state index is 0.112. The highest BCUT2D eigenvalue weighted by atomic mass is 32.2. The Kier molecular flexibility index (Phi) is 7.30. The van der Waals surface area contributed by atoms with E-state index in [9.17, 15) is 9.59 Å². The van der Waals surface area contributed by atoms with Gasteiger partial charge in [-0.05, 0) is 67.1 Å². The number of carboxylic acid groups (broad SMARTS) is 1. The number of likely N-dealkylation sites (N-methyl/N-ethyl adjacent to an activating group) is 1. The van der Waals surface area contributed by atoms with E-state index < -0.39 is 5.97 Å². The fourth-order valence-electron chi connectivity index (χ4n) is 2.84. The molecule has 0 bridgehead atoms. The molecular formula is C23H24N2O4S. The smallest absolute Gasteiger partial charge is 0.335 e. The van der Waals surface area contributed by atoms with Crippen LogP contribution in [0.1, 0.15) is 42.6 Å². The van der Waals surface area contributed by atoms with Gasteiger partial charge in [0.1, 0.15) is 5.75 Å². The molecule has 6 nitrogen and oxygen atoms in total. The molecule has 7 heteroatoms. The van der Waals surface area contributed by atoms with E-state index in [1.807, 2.05) is 37.3 Å². The molecule has 2 aromatic rings. The van der Waals surface area contributed by atoms with Crippen LogP contribution in [0.25, 0.3) is 6.08 Å². The predicted molar refractivity (Wildman–Crippen MR) is 120 cm³/mol. The van der Waals surface area contributed by atoms with Gasteiger partial charge in [0.25, 0.3) is 5.91 Å². The monoisotopic (exact) mass is 424 g/mol. The summed E-state index contributed by atoms with van der Waals surface area (Å²) in [5, 5.41) is 9.70. The van der Waals surface area contributed by atoms with Crippen LogP contribution in [0, 0.1) is 0 Å². The van der Waals surface area contributed by atoms with Crippen molar-refractivity contribution in [3.8, 4) is 5.75 Å². The molecule has 1 amide bonds. The second-order valence-electron chi connectivity index (χ2n) is 6.68. The first kappa shape index (κ1) is 21.6. The van der Waals surface area contributed by atoms with E-state index in [1.54, 1.807) is 17.0 Å². The van der Waals surface area contributed by atoms with E-state index in [2.05, 4.69) is 11.9 Å². The topological polar surface area (TPSA) is 79.2 Å². The molecule has 0 aliphatic carbocycles. The molecule has 1 aliphatic heterocycles. The number of unbranched alkanes of at least 4 members (excludes halogenated alkanes) is 1. The molecular weight excluding hydrogens is 400 g/mol. The molecule has 3 rings (SSSR count). The zero-order valence-corrected chi connectivity index (χ0v) is 17.8. The van der Waals surface area contributed by atoms with Crippen molar-refractivity contribution in [1.82, 2.24) is 4.90 Å². The number of amides is 1. The lowest BCUT2D eigenvalue weighted by Crippen LogP contribution is -2.28. The van der Waals surface area contributed by atoms with Gasteiger partial charge in [0.2, 0.25) is 0 Å². The largest absolute Gasteiger partial charge is 0.494 e. The highest BCUT2D eigenvalue weighted by Crippen LogP contribution is 2.34. The SMILES string of the molecule is CCCCOc1ccc(/C=C2/SC(=Nc3cccc(C(=O)O)c3)N(CC)C2=O)cc1. The van der Waals surface area contributed by atoms with Crippen LogP contribution in [-0.2, 0) is 4.79 Å². The van der Waals surface area contributed by atoms with Crippen LogP contribution >= 0.6 is 11.8 Å². The molecule has 1 saturated heterocycles. The number of carboxylic acids is 1. The molecule has 30 heavy (non-hydrogen) atoms. The molecule has 0 spiro atoms. The van der Waals surface area contributed by atoms with Crippen LogP contribution in [-0.4, -0.2) is 40.2 Å². The number of ether oxygens (including phenoxy) is 1. The molecule has 0 saturated carbocycles. The summed E-state index contributed by atoms with van der Waals surface area (Å²) in [7, 11) is 0. The van der Waals surface area contributed by atoms with Crippen LogP contribution in [0.3, 0.4) is 0 Å². The maximum atomic E-state index is 12.8. The summed E-state index contributed by atoms with van der Waals surface area (Å²) in [6.07, 6.45) is 3.94. The van der Waals surface area contributed by atoms with E-state index in [0.29, 0.717) is 28.9 Å². The highest BCUT2D eigenvalue weighted by Gasteiger charge is 2.32. The summed E-state index contributed by atoms with van der Waals surface area (Å²) in [6, 6.07) is 14.0. The van der Waals surface area contributed by atoms with Gasteiger partial charge in [0.05, 0.1) is 22.8 Å². The number of amidine groups is 1. The molecule has 1 heterocycles. The van der Waals surface area contributed by atoms with E-state index in [-0.39, 0.29) is 11.5 Å². The Hall–Kier alpha value is -3.06. The van der Waals surface area contributed by atoms with Gasteiger partial charge in [-0.25, -0.2) is 9.79 Å². The normalized spacial score (nSPS) is 16.5. The van der Waals surface area contributed by atoms with Crippen molar-refractivity contribution in [2.75, 3.05) is 13.2 Å². The van der Waals surface area contributed by atoms with Gasteiger partial charge in [0, 0.05) is 6.54 Å². The average molecular weight is 425 g/mol. The first-order valence-electron chi connectivity index (χ1n) is 9.88. The second kappa shape index (κ2) is 10.1. The fraction of sp³-hybridized carbons (Fsp3) is 0.261. The molecule has 156 valence electrons. The van der Waals surface area contributed by atoms with Gasteiger partial charge in [0.15, 0.2) is 5.17 Å². The van der Waals surface area contributed by atoms with Crippen LogP contribution in [0.5, 0.6) is 5.75 Å². The second-order valence-corrected chi connectivity index (χ2v) is 7.69. The van der Waals surface area contributed by atoms with Crippen molar-refractivity contribution in [1.29, 1.82) is 0 Å². The Labute approximate surface area is 180 Å². The third-order valence-electron chi connectivity index (χ3n) is 4.47. The predicted octanol–water partition coefficient (Wildman–Crippen LogP) is 5.19.